The molecule has 34 heavy (non-hydrogen) atoms. The number of nitrogens with zero attached hydrogens (tertiary/aromatic N) is 2. The van der Waals surface area contributed by atoms with Gasteiger partial charge in [0.05, 0.1) is 16.3 Å². The second-order valence-electron chi connectivity index (χ2n) is 7.70. The molecule has 1 amide bonds. The molecule has 9 heteroatoms. The number of benzene rings is 3. The molecule has 0 spiro atoms. The molecule has 4 rings (SSSR count). The molecule has 3 aromatic carbocycles. The number of para-hydroxylation sites is 1. The van der Waals surface area contributed by atoms with E-state index in [0.717, 1.165) is 15.4 Å². The Balaban J connectivity index is 1.56. The molecule has 0 aliphatic carbocycles. The zero-order valence-corrected chi connectivity index (χ0v) is 19.7. The highest BCUT2D eigenvalue weighted by Gasteiger charge is 2.28. The van der Waals surface area contributed by atoms with Crippen molar-refractivity contribution in [2.75, 3.05) is 24.1 Å². The van der Waals surface area contributed by atoms with Gasteiger partial charge in [-0.1, -0.05) is 36.4 Å². The largest absolute Gasteiger partial charge is 0.486 e. The molecule has 1 aliphatic rings. The predicted molar refractivity (Wildman–Crippen MR) is 130 cm³/mol. The van der Waals surface area contributed by atoms with Crippen molar-refractivity contribution in [3.05, 3.63) is 83.9 Å². The predicted octanol–water partition coefficient (Wildman–Crippen LogP) is 3.50. The number of nitrogens with one attached hydrogen (secondary N) is 1. The molecule has 1 heterocycles. The smallest absolute Gasteiger partial charge is 0.264 e. The summed E-state index contributed by atoms with van der Waals surface area (Å²) in [5.41, 5.74) is 4.92. The number of fused-ring (bicyclic) bond motifs is 1. The van der Waals surface area contributed by atoms with Gasteiger partial charge in [0.15, 0.2) is 11.5 Å². The van der Waals surface area contributed by atoms with Crippen LogP contribution in [0.15, 0.2) is 82.8 Å². The Kier molecular flexibility index (Phi) is 6.83. The van der Waals surface area contributed by atoms with Gasteiger partial charge in [-0.2, -0.15) is 5.10 Å². The number of sulfonamides is 1. The van der Waals surface area contributed by atoms with Gasteiger partial charge in [0.2, 0.25) is 0 Å². The fourth-order valence-corrected chi connectivity index (χ4v) is 5.01. The minimum absolute atomic E-state index is 0.0991. The lowest BCUT2D eigenvalue weighted by Crippen LogP contribution is -2.40. The van der Waals surface area contributed by atoms with Crippen LogP contribution >= 0.6 is 0 Å². The van der Waals surface area contributed by atoms with Crippen LogP contribution in [0, 0.1) is 6.92 Å². The van der Waals surface area contributed by atoms with E-state index >= 15 is 0 Å². The lowest BCUT2D eigenvalue weighted by molar-refractivity contribution is -0.119. The summed E-state index contributed by atoms with van der Waals surface area (Å²) < 4.78 is 39.0. The van der Waals surface area contributed by atoms with Crippen LogP contribution in [0.5, 0.6) is 11.5 Å². The fourth-order valence-electron chi connectivity index (χ4n) is 3.51. The third-order valence-corrected chi connectivity index (χ3v) is 7.08. The molecular formula is C25H25N3O5S. The average Bonchev–Trinajstić information content (AvgIpc) is 2.86. The standard InChI is InChI=1S/C25H25N3O5S/c1-18-8-6-7-11-22(18)28(34(30,31)21-9-4-3-5-10-21)17-25(29)27-26-19(2)20-12-13-23-24(16-20)33-15-14-32-23/h3-13,16H,14-15,17H2,1-2H3,(H,27,29)/b26-19-. The minimum atomic E-state index is -3.98. The topological polar surface area (TPSA) is 97.3 Å². The van der Waals surface area contributed by atoms with Crippen LogP contribution in [0.2, 0.25) is 0 Å². The SMILES string of the molecule is C/C(=N/NC(=O)CN(c1ccccc1C)S(=O)(=O)c1ccccc1)c1ccc2c(c1)OCCO2. The Hall–Kier alpha value is -3.85. The number of ether oxygens (including phenoxy) is 2. The molecule has 0 saturated carbocycles. The van der Waals surface area contributed by atoms with E-state index in [4.69, 9.17) is 9.47 Å². The zero-order valence-electron chi connectivity index (χ0n) is 18.9. The summed E-state index contributed by atoms with van der Waals surface area (Å²) in [4.78, 5) is 12.9. The molecule has 3 aromatic rings. The van der Waals surface area contributed by atoms with Crippen LogP contribution in [-0.2, 0) is 14.8 Å². The van der Waals surface area contributed by atoms with Crippen LogP contribution in [0.1, 0.15) is 18.1 Å². The van der Waals surface area contributed by atoms with Gasteiger partial charge in [0.25, 0.3) is 15.9 Å². The van der Waals surface area contributed by atoms with Crippen molar-refractivity contribution in [1.82, 2.24) is 5.43 Å². The number of carbonyl (C=O) groups excluding carboxylic acids is 1. The second kappa shape index (κ2) is 9.96. The average molecular weight is 480 g/mol. The van der Waals surface area contributed by atoms with Crippen molar-refractivity contribution in [3.8, 4) is 11.5 Å². The number of hydrogen-bond donors (Lipinski definition) is 1. The maximum Gasteiger partial charge on any atom is 0.264 e. The molecular weight excluding hydrogens is 454 g/mol. The van der Waals surface area contributed by atoms with Crippen molar-refractivity contribution < 1.29 is 22.7 Å². The van der Waals surface area contributed by atoms with Gasteiger partial charge < -0.3 is 9.47 Å². The Morgan fingerprint density at radius 2 is 1.65 bits per heavy atom. The van der Waals surface area contributed by atoms with Gasteiger partial charge in [-0.3, -0.25) is 9.10 Å². The van der Waals surface area contributed by atoms with Gasteiger partial charge >= 0.3 is 0 Å². The Labute approximate surface area is 198 Å². The summed E-state index contributed by atoms with van der Waals surface area (Å²) in [5, 5.41) is 4.17. The van der Waals surface area contributed by atoms with Crippen LogP contribution in [-0.4, -0.2) is 39.8 Å². The Bertz CT molecular complexity index is 1320. The van der Waals surface area contributed by atoms with Gasteiger partial charge in [-0.15, -0.1) is 0 Å². The molecule has 176 valence electrons. The quantitative estimate of drug-likeness (QED) is 0.413. The van der Waals surface area contributed by atoms with E-state index in [1.807, 2.05) is 12.1 Å². The maximum absolute atomic E-state index is 13.4. The van der Waals surface area contributed by atoms with E-state index in [2.05, 4.69) is 10.5 Å². The first-order chi connectivity index (χ1) is 16.4. The highest BCUT2D eigenvalue weighted by atomic mass is 32.2. The Morgan fingerprint density at radius 3 is 2.38 bits per heavy atom. The van der Waals surface area contributed by atoms with E-state index in [-0.39, 0.29) is 4.90 Å². The number of rotatable bonds is 7. The molecule has 0 bridgehead atoms. The van der Waals surface area contributed by atoms with E-state index in [1.165, 1.54) is 12.1 Å². The first-order valence-corrected chi connectivity index (χ1v) is 12.2. The number of anilines is 1. The highest BCUT2D eigenvalue weighted by Crippen LogP contribution is 2.31. The molecule has 1 aliphatic heterocycles. The summed E-state index contributed by atoms with van der Waals surface area (Å²) >= 11 is 0. The molecule has 0 unspecified atom stereocenters. The van der Waals surface area contributed by atoms with Crippen LogP contribution < -0.4 is 19.2 Å². The Morgan fingerprint density at radius 1 is 0.971 bits per heavy atom. The van der Waals surface area contributed by atoms with Gasteiger partial charge in [-0.05, 0) is 55.8 Å². The molecule has 1 N–H and O–H groups in total. The number of carbonyl (C=O) groups is 1. The van der Waals surface area contributed by atoms with E-state index in [1.54, 1.807) is 62.4 Å². The molecule has 8 nitrogen and oxygen atoms in total. The normalized spacial score (nSPS) is 13.3. The molecule has 0 saturated heterocycles. The molecule has 0 fully saturated rings. The van der Waals surface area contributed by atoms with Gasteiger partial charge in [-0.25, -0.2) is 13.8 Å². The number of hydrogen-bond acceptors (Lipinski definition) is 6. The van der Waals surface area contributed by atoms with Crippen molar-refractivity contribution in [2.45, 2.75) is 18.7 Å². The molecule has 0 atom stereocenters. The summed E-state index contributed by atoms with van der Waals surface area (Å²) in [6.07, 6.45) is 0. The van der Waals surface area contributed by atoms with Crippen molar-refractivity contribution >= 4 is 27.3 Å². The summed E-state index contributed by atoms with van der Waals surface area (Å²) in [7, 11) is -3.98. The number of amides is 1. The number of hydrazone groups is 1. The summed E-state index contributed by atoms with van der Waals surface area (Å²) in [6, 6.07) is 20.4. The lowest BCUT2D eigenvalue weighted by atomic mass is 10.1. The minimum Gasteiger partial charge on any atom is -0.486 e. The second-order valence-corrected chi connectivity index (χ2v) is 9.56. The first-order valence-electron chi connectivity index (χ1n) is 10.7. The zero-order chi connectivity index (χ0) is 24.1. The van der Waals surface area contributed by atoms with E-state index < -0.39 is 22.5 Å². The van der Waals surface area contributed by atoms with Crippen molar-refractivity contribution in [3.63, 3.8) is 0 Å². The van der Waals surface area contributed by atoms with Crippen LogP contribution in [0.4, 0.5) is 5.69 Å². The fraction of sp³-hybridized carbons (Fsp3) is 0.200. The third-order valence-electron chi connectivity index (χ3n) is 5.31. The van der Waals surface area contributed by atoms with Crippen molar-refractivity contribution in [1.29, 1.82) is 0 Å². The van der Waals surface area contributed by atoms with Gasteiger partial charge in [0.1, 0.15) is 19.8 Å². The summed E-state index contributed by atoms with van der Waals surface area (Å²) in [5.74, 6) is 0.704. The lowest BCUT2D eigenvalue weighted by Gasteiger charge is -2.25. The molecule has 0 radical (unpaired) electrons. The van der Waals surface area contributed by atoms with Gasteiger partial charge in [0, 0.05) is 5.56 Å². The summed E-state index contributed by atoms with van der Waals surface area (Å²) in [6.45, 7) is 4.07. The van der Waals surface area contributed by atoms with Crippen molar-refractivity contribution in [2.24, 2.45) is 5.10 Å². The highest BCUT2D eigenvalue weighted by molar-refractivity contribution is 7.92. The van der Waals surface area contributed by atoms with Crippen LogP contribution in [0.3, 0.4) is 0 Å². The molecule has 0 aromatic heterocycles. The monoisotopic (exact) mass is 479 g/mol. The van der Waals surface area contributed by atoms with E-state index in [9.17, 15) is 13.2 Å². The third kappa shape index (κ3) is 5.04. The number of aryl methyl sites for hydroxylation is 1. The van der Waals surface area contributed by atoms with E-state index in [0.29, 0.717) is 36.1 Å². The van der Waals surface area contributed by atoms with Crippen LogP contribution in [0.25, 0.3) is 0 Å². The maximum atomic E-state index is 13.4. The first kappa shape index (κ1) is 23.3.